The van der Waals surface area contributed by atoms with E-state index in [4.69, 9.17) is 0 Å². The van der Waals surface area contributed by atoms with Gasteiger partial charge in [0.05, 0.1) is 11.6 Å². The number of aromatic nitrogens is 1. The first-order chi connectivity index (χ1) is 18.4. The van der Waals surface area contributed by atoms with Crippen molar-refractivity contribution in [2.24, 2.45) is 0 Å². The Morgan fingerprint density at radius 1 is 0.921 bits per heavy atom. The van der Waals surface area contributed by atoms with Crippen molar-refractivity contribution in [2.75, 3.05) is 6.54 Å². The monoisotopic (exact) mass is 561 g/mol. The number of nitriles is 1. The molecule has 1 aromatic heterocycles. The lowest BCUT2D eigenvalue weighted by Gasteiger charge is -2.11. The van der Waals surface area contributed by atoms with E-state index in [1.54, 1.807) is 0 Å². The molecule has 0 saturated heterocycles. The van der Waals surface area contributed by atoms with Crippen LogP contribution in [0.15, 0.2) is 95.5 Å². The summed E-state index contributed by atoms with van der Waals surface area (Å²) in [7, 11) is 0. The van der Waals surface area contributed by atoms with Crippen molar-refractivity contribution in [2.45, 2.75) is 26.8 Å². The SMILES string of the molecule is Cc1c(C)n(Cc2ccc(-c3ccccc3C#N)cc2)c2ccc(C(=O)NCCc3ccc(Br)cc3)cc12. The third-order valence-corrected chi connectivity index (χ3v) is 7.70. The minimum absolute atomic E-state index is 0.0537. The fourth-order valence-electron chi connectivity index (χ4n) is 4.87. The van der Waals surface area contributed by atoms with Crippen LogP contribution in [0.2, 0.25) is 0 Å². The van der Waals surface area contributed by atoms with Crippen molar-refractivity contribution >= 4 is 32.7 Å². The van der Waals surface area contributed by atoms with Crippen LogP contribution in [0.25, 0.3) is 22.0 Å². The number of rotatable bonds is 7. The summed E-state index contributed by atoms with van der Waals surface area (Å²) in [6.07, 6.45) is 0.788. The summed E-state index contributed by atoms with van der Waals surface area (Å²) in [6.45, 7) is 5.57. The van der Waals surface area contributed by atoms with E-state index in [0.717, 1.165) is 39.5 Å². The number of fused-ring (bicyclic) bond motifs is 1. The minimum Gasteiger partial charge on any atom is -0.352 e. The Morgan fingerprint density at radius 3 is 2.37 bits per heavy atom. The van der Waals surface area contributed by atoms with E-state index in [1.807, 2.05) is 48.5 Å². The van der Waals surface area contributed by atoms with Crippen LogP contribution < -0.4 is 5.32 Å². The van der Waals surface area contributed by atoms with Crippen LogP contribution in [0.1, 0.15) is 38.3 Å². The van der Waals surface area contributed by atoms with Crippen molar-refractivity contribution in [1.29, 1.82) is 5.26 Å². The zero-order valence-corrected chi connectivity index (χ0v) is 23.0. The molecule has 5 aromatic rings. The molecule has 0 unspecified atom stereocenters. The molecule has 0 aliphatic carbocycles. The first-order valence-corrected chi connectivity index (χ1v) is 13.4. The molecule has 5 heteroatoms. The largest absolute Gasteiger partial charge is 0.352 e. The van der Waals surface area contributed by atoms with Crippen LogP contribution in [0.4, 0.5) is 0 Å². The molecular weight excluding hydrogens is 534 g/mol. The number of nitrogens with zero attached hydrogens (tertiary/aromatic N) is 2. The van der Waals surface area contributed by atoms with Gasteiger partial charge in [-0.15, -0.1) is 0 Å². The quantitative estimate of drug-likeness (QED) is 0.222. The van der Waals surface area contributed by atoms with Gasteiger partial charge in [0, 0.05) is 39.7 Å². The smallest absolute Gasteiger partial charge is 0.251 e. The molecule has 1 amide bonds. The second kappa shape index (κ2) is 11.1. The average molecular weight is 563 g/mol. The molecule has 0 radical (unpaired) electrons. The molecular formula is C33H28BrN3O. The number of carbonyl (C=O) groups excluding carboxylic acids is 1. The van der Waals surface area contributed by atoms with Gasteiger partial charge in [0.25, 0.3) is 5.91 Å². The lowest BCUT2D eigenvalue weighted by atomic mass is 9.99. The van der Waals surface area contributed by atoms with Crippen LogP contribution in [0.5, 0.6) is 0 Å². The normalized spacial score (nSPS) is 10.9. The standard InChI is InChI=1S/C33H28BrN3O/c1-22-23(2)37(21-25-7-11-26(12-8-25)30-6-4-3-5-28(30)20-35)32-16-13-27(19-31(22)32)33(38)36-18-17-24-9-14-29(34)15-10-24/h3-16,19H,17-18,21H2,1-2H3,(H,36,38). The molecule has 4 nitrogen and oxygen atoms in total. The number of halogens is 1. The summed E-state index contributed by atoms with van der Waals surface area (Å²) >= 11 is 3.45. The number of nitrogens with one attached hydrogen (secondary N) is 1. The summed E-state index contributed by atoms with van der Waals surface area (Å²) in [6, 6.07) is 32.5. The predicted molar refractivity (Wildman–Crippen MR) is 157 cm³/mol. The highest BCUT2D eigenvalue weighted by Crippen LogP contribution is 2.28. The molecule has 1 N–H and O–H groups in total. The summed E-state index contributed by atoms with van der Waals surface area (Å²) < 4.78 is 3.35. The van der Waals surface area contributed by atoms with Crippen LogP contribution in [0.3, 0.4) is 0 Å². The number of benzene rings is 4. The van der Waals surface area contributed by atoms with Gasteiger partial charge >= 0.3 is 0 Å². The molecule has 0 atom stereocenters. The highest BCUT2D eigenvalue weighted by molar-refractivity contribution is 9.10. The minimum atomic E-state index is -0.0537. The van der Waals surface area contributed by atoms with Gasteiger partial charge < -0.3 is 9.88 Å². The van der Waals surface area contributed by atoms with Crippen LogP contribution in [-0.2, 0) is 13.0 Å². The van der Waals surface area contributed by atoms with Crippen molar-refractivity contribution in [3.63, 3.8) is 0 Å². The van der Waals surface area contributed by atoms with Gasteiger partial charge in [-0.25, -0.2) is 0 Å². The topological polar surface area (TPSA) is 57.8 Å². The molecule has 0 saturated carbocycles. The Morgan fingerprint density at radius 2 is 1.63 bits per heavy atom. The fraction of sp³-hybridized carbons (Fsp3) is 0.152. The first-order valence-electron chi connectivity index (χ1n) is 12.6. The van der Waals surface area contributed by atoms with Crippen molar-refractivity contribution < 1.29 is 4.79 Å². The molecule has 0 bridgehead atoms. The molecule has 0 spiro atoms. The van der Waals surface area contributed by atoms with Gasteiger partial charge in [-0.2, -0.15) is 5.26 Å². The molecule has 1 heterocycles. The Labute approximate surface area is 231 Å². The maximum atomic E-state index is 12.9. The predicted octanol–water partition coefficient (Wildman–Crippen LogP) is 7.58. The number of aryl methyl sites for hydroxylation is 1. The van der Waals surface area contributed by atoms with Gasteiger partial charge in [-0.1, -0.05) is 70.5 Å². The summed E-state index contributed by atoms with van der Waals surface area (Å²) in [4.78, 5) is 12.9. The summed E-state index contributed by atoms with van der Waals surface area (Å²) in [5.41, 5.74) is 9.19. The van der Waals surface area contributed by atoms with E-state index in [-0.39, 0.29) is 5.91 Å². The van der Waals surface area contributed by atoms with E-state index in [0.29, 0.717) is 17.7 Å². The van der Waals surface area contributed by atoms with E-state index in [2.05, 4.69) is 88.2 Å². The number of amides is 1. The molecule has 188 valence electrons. The number of carbonyl (C=O) groups is 1. The van der Waals surface area contributed by atoms with Crippen molar-refractivity contribution in [3.05, 3.63) is 129 Å². The average Bonchev–Trinajstić information content (AvgIpc) is 3.18. The Hall–Kier alpha value is -4.14. The van der Waals surface area contributed by atoms with Gasteiger partial charge in [-0.3, -0.25) is 4.79 Å². The second-order valence-electron chi connectivity index (χ2n) is 9.52. The van der Waals surface area contributed by atoms with Gasteiger partial charge in [-0.05, 0) is 84.5 Å². The lowest BCUT2D eigenvalue weighted by molar-refractivity contribution is 0.0954. The molecule has 0 aliphatic rings. The van der Waals surface area contributed by atoms with Crippen LogP contribution in [0, 0.1) is 25.2 Å². The van der Waals surface area contributed by atoms with E-state index < -0.39 is 0 Å². The van der Waals surface area contributed by atoms with Gasteiger partial charge in [0.2, 0.25) is 0 Å². The zero-order chi connectivity index (χ0) is 26.6. The van der Waals surface area contributed by atoms with Crippen molar-refractivity contribution in [1.82, 2.24) is 9.88 Å². The van der Waals surface area contributed by atoms with Crippen LogP contribution in [-0.4, -0.2) is 17.0 Å². The number of hydrogen-bond donors (Lipinski definition) is 1. The Balaban J connectivity index is 1.32. The van der Waals surface area contributed by atoms with Gasteiger partial charge in [0.15, 0.2) is 0 Å². The Bertz CT molecular complexity index is 1660. The van der Waals surface area contributed by atoms with Crippen LogP contribution >= 0.6 is 15.9 Å². The zero-order valence-electron chi connectivity index (χ0n) is 21.5. The maximum Gasteiger partial charge on any atom is 0.251 e. The van der Waals surface area contributed by atoms with Gasteiger partial charge in [0.1, 0.15) is 0 Å². The molecule has 4 aromatic carbocycles. The highest BCUT2D eigenvalue weighted by Gasteiger charge is 2.14. The highest BCUT2D eigenvalue weighted by atomic mass is 79.9. The van der Waals surface area contributed by atoms with Crippen molar-refractivity contribution in [3.8, 4) is 17.2 Å². The molecule has 5 rings (SSSR count). The molecule has 0 fully saturated rings. The fourth-order valence-corrected chi connectivity index (χ4v) is 5.14. The molecule has 38 heavy (non-hydrogen) atoms. The maximum absolute atomic E-state index is 12.9. The van der Waals surface area contributed by atoms with E-state index in [9.17, 15) is 10.1 Å². The summed E-state index contributed by atoms with van der Waals surface area (Å²) in [5, 5.41) is 13.6. The first kappa shape index (κ1) is 25.5. The third kappa shape index (κ3) is 5.27. The number of hydrogen-bond acceptors (Lipinski definition) is 2. The second-order valence-corrected chi connectivity index (χ2v) is 10.4. The summed E-state index contributed by atoms with van der Waals surface area (Å²) in [5.74, 6) is -0.0537. The third-order valence-electron chi connectivity index (χ3n) is 7.17. The lowest BCUT2D eigenvalue weighted by Crippen LogP contribution is -2.25. The molecule has 0 aliphatic heterocycles. The van der Waals surface area contributed by atoms with E-state index >= 15 is 0 Å². The van der Waals surface area contributed by atoms with E-state index in [1.165, 1.54) is 22.4 Å². The Kier molecular flexibility index (Phi) is 7.44.